The van der Waals surface area contributed by atoms with Gasteiger partial charge in [-0.3, -0.25) is 0 Å². The van der Waals surface area contributed by atoms with Crippen molar-refractivity contribution in [3.8, 4) is 0 Å². The molecule has 1 unspecified atom stereocenters. The molecule has 0 fully saturated rings. The molecule has 0 aromatic carbocycles. The van der Waals surface area contributed by atoms with Gasteiger partial charge in [0.1, 0.15) is 0 Å². The molecule has 1 aliphatic heterocycles. The molecule has 3 N–H and O–H groups in total. The Labute approximate surface area is 81.7 Å². The van der Waals surface area contributed by atoms with Crippen LogP contribution in [0.5, 0.6) is 0 Å². The van der Waals surface area contributed by atoms with E-state index in [4.69, 9.17) is 5.73 Å². The van der Waals surface area contributed by atoms with Crippen LogP contribution in [0.25, 0.3) is 0 Å². The lowest BCUT2D eigenvalue weighted by atomic mass is 10.0. The van der Waals surface area contributed by atoms with Crippen molar-refractivity contribution in [2.45, 2.75) is 12.5 Å². The summed E-state index contributed by atoms with van der Waals surface area (Å²) in [6.45, 7) is 1.84. The second kappa shape index (κ2) is 4.00. The normalized spacial score (nSPS) is 22.8. The number of aromatic nitrogens is 1. The topological polar surface area (TPSA) is 50.9 Å². The SMILES string of the molecule is NC1C=C(Cc2cscn2)CNC1. The third-order valence-corrected chi connectivity index (χ3v) is 2.71. The van der Waals surface area contributed by atoms with Gasteiger partial charge in [-0.1, -0.05) is 11.6 Å². The number of nitrogens with zero attached hydrogens (tertiary/aromatic N) is 1. The molecule has 1 aromatic rings. The predicted molar refractivity (Wildman–Crippen MR) is 54.7 cm³/mol. The summed E-state index contributed by atoms with van der Waals surface area (Å²) >= 11 is 1.64. The predicted octanol–water partition coefficient (Wildman–Crippen LogP) is 0.542. The highest BCUT2D eigenvalue weighted by atomic mass is 32.1. The van der Waals surface area contributed by atoms with E-state index in [2.05, 4.69) is 21.8 Å². The van der Waals surface area contributed by atoms with Crippen molar-refractivity contribution in [2.24, 2.45) is 5.73 Å². The van der Waals surface area contributed by atoms with Crippen molar-refractivity contribution < 1.29 is 0 Å². The van der Waals surface area contributed by atoms with Crippen molar-refractivity contribution in [2.75, 3.05) is 13.1 Å². The fraction of sp³-hybridized carbons (Fsp3) is 0.444. The largest absolute Gasteiger partial charge is 0.323 e. The van der Waals surface area contributed by atoms with Gasteiger partial charge >= 0.3 is 0 Å². The minimum atomic E-state index is 0.169. The molecule has 0 saturated heterocycles. The first kappa shape index (κ1) is 8.87. The van der Waals surface area contributed by atoms with Gasteiger partial charge < -0.3 is 11.1 Å². The first-order valence-corrected chi connectivity index (χ1v) is 5.32. The Bertz CT molecular complexity index is 292. The highest BCUT2D eigenvalue weighted by Gasteiger charge is 2.09. The molecule has 0 saturated carbocycles. The molecule has 0 aliphatic carbocycles. The minimum Gasteiger partial charge on any atom is -0.323 e. The first-order chi connectivity index (χ1) is 6.34. The molecule has 70 valence electrons. The average Bonchev–Trinajstić information content (AvgIpc) is 2.57. The molecule has 0 spiro atoms. The van der Waals surface area contributed by atoms with E-state index in [9.17, 15) is 0 Å². The number of rotatable bonds is 2. The van der Waals surface area contributed by atoms with E-state index < -0.39 is 0 Å². The maximum absolute atomic E-state index is 5.80. The smallest absolute Gasteiger partial charge is 0.0794 e. The molecule has 2 rings (SSSR count). The average molecular weight is 195 g/mol. The molecular formula is C9H13N3S. The lowest BCUT2D eigenvalue weighted by Gasteiger charge is -2.18. The molecular weight excluding hydrogens is 182 g/mol. The second-order valence-electron chi connectivity index (χ2n) is 3.28. The second-order valence-corrected chi connectivity index (χ2v) is 3.99. The summed E-state index contributed by atoms with van der Waals surface area (Å²) in [5.74, 6) is 0. The van der Waals surface area contributed by atoms with Crippen LogP contribution in [0.2, 0.25) is 0 Å². The van der Waals surface area contributed by atoms with Gasteiger partial charge in [-0.2, -0.15) is 0 Å². The standard InChI is InChI=1S/C9H13N3S/c10-8-1-7(3-11-4-8)2-9-5-13-6-12-9/h1,5-6,8,11H,2-4,10H2. The van der Waals surface area contributed by atoms with Gasteiger partial charge in [-0.25, -0.2) is 4.98 Å². The van der Waals surface area contributed by atoms with Crippen LogP contribution in [0.1, 0.15) is 5.69 Å². The molecule has 0 bridgehead atoms. The Balaban J connectivity index is 2.02. The molecule has 0 amide bonds. The molecule has 1 aliphatic rings. The molecule has 4 heteroatoms. The van der Waals surface area contributed by atoms with Crippen molar-refractivity contribution in [1.82, 2.24) is 10.3 Å². The first-order valence-electron chi connectivity index (χ1n) is 4.37. The van der Waals surface area contributed by atoms with Gasteiger partial charge in [-0.05, 0) is 0 Å². The molecule has 0 radical (unpaired) electrons. The molecule has 1 aromatic heterocycles. The Kier molecular flexibility index (Phi) is 2.73. The number of nitrogens with two attached hydrogens (primary N) is 1. The zero-order chi connectivity index (χ0) is 9.10. The van der Waals surface area contributed by atoms with E-state index in [1.807, 2.05) is 5.51 Å². The van der Waals surface area contributed by atoms with Crippen molar-refractivity contribution >= 4 is 11.3 Å². The van der Waals surface area contributed by atoms with Crippen LogP contribution in [-0.2, 0) is 6.42 Å². The Morgan fingerprint density at radius 3 is 3.31 bits per heavy atom. The lowest BCUT2D eigenvalue weighted by Crippen LogP contribution is -2.38. The third-order valence-electron chi connectivity index (χ3n) is 2.07. The zero-order valence-electron chi connectivity index (χ0n) is 7.36. The van der Waals surface area contributed by atoms with Gasteiger partial charge in [0.05, 0.1) is 11.2 Å². The van der Waals surface area contributed by atoms with Gasteiger partial charge in [0.15, 0.2) is 0 Å². The van der Waals surface area contributed by atoms with Gasteiger partial charge in [0.25, 0.3) is 0 Å². The highest BCUT2D eigenvalue weighted by Crippen LogP contribution is 2.10. The van der Waals surface area contributed by atoms with E-state index in [0.29, 0.717) is 0 Å². The number of thiazole rings is 1. The maximum atomic E-state index is 5.80. The van der Waals surface area contributed by atoms with Crippen LogP contribution in [0, 0.1) is 0 Å². The van der Waals surface area contributed by atoms with Gasteiger partial charge in [-0.15, -0.1) is 11.3 Å². The molecule has 13 heavy (non-hydrogen) atoms. The molecule has 1 atom stereocenters. The zero-order valence-corrected chi connectivity index (χ0v) is 8.18. The highest BCUT2D eigenvalue weighted by molar-refractivity contribution is 7.07. The Morgan fingerprint density at radius 2 is 2.62 bits per heavy atom. The summed E-state index contributed by atoms with van der Waals surface area (Å²) in [6.07, 6.45) is 3.08. The fourth-order valence-corrected chi connectivity index (χ4v) is 2.06. The van der Waals surface area contributed by atoms with Crippen LogP contribution >= 0.6 is 11.3 Å². The number of hydrogen-bond acceptors (Lipinski definition) is 4. The Hall–Kier alpha value is -0.710. The summed E-state index contributed by atoms with van der Waals surface area (Å²) in [7, 11) is 0. The number of nitrogens with one attached hydrogen (secondary N) is 1. The van der Waals surface area contributed by atoms with E-state index >= 15 is 0 Å². The monoisotopic (exact) mass is 195 g/mol. The molecule has 3 nitrogen and oxygen atoms in total. The van der Waals surface area contributed by atoms with Crippen molar-refractivity contribution in [3.63, 3.8) is 0 Å². The van der Waals surface area contributed by atoms with E-state index in [1.165, 1.54) is 5.57 Å². The van der Waals surface area contributed by atoms with Gasteiger partial charge in [0.2, 0.25) is 0 Å². The maximum Gasteiger partial charge on any atom is 0.0794 e. The Morgan fingerprint density at radius 1 is 1.69 bits per heavy atom. The van der Waals surface area contributed by atoms with Crippen LogP contribution in [-0.4, -0.2) is 24.1 Å². The summed E-state index contributed by atoms with van der Waals surface area (Å²) in [4.78, 5) is 4.24. The summed E-state index contributed by atoms with van der Waals surface area (Å²) < 4.78 is 0. The van der Waals surface area contributed by atoms with Crippen LogP contribution in [0.3, 0.4) is 0 Å². The van der Waals surface area contributed by atoms with E-state index in [0.717, 1.165) is 25.2 Å². The van der Waals surface area contributed by atoms with Gasteiger partial charge in [0, 0.05) is 30.9 Å². The van der Waals surface area contributed by atoms with Crippen molar-refractivity contribution in [1.29, 1.82) is 0 Å². The fourth-order valence-electron chi connectivity index (χ4n) is 1.50. The summed E-state index contributed by atoms with van der Waals surface area (Å²) in [5.41, 5.74) is 10.2. The van der Waals surface area contributed by atoms with Crippen LogP contribution < -0.4 is 11.1 Å². The van der Waals surface area contributed by atoms with Crippen molar-refractivity contribution in [3.05, 3.63) is 28.2 Å². The summed E-state index contributed by atoms with van der Waals surface area (Å²) in [5, 5.41) is 5.36. The third kappa shape index (κ3) is 2.37. The van der Waals surface area contributed by atoms with E-state index in [-0.39, 0.29) is 6.04 Å². The lowest BCUT2D eigenvalue weighted by molar-refractivity contribution is 0.626. The van der Waals surface area contributed by atoms with Crippen LogP contribution in [0.4, 0.5) is 0 Å². The quantitative estimate of drug-likeness (QED) is 0.677. The van der Waals surface area contributed by atoms with Crippen LogP contribution in [0.15, 0.2) is 22.5 Å². The summed E-state index contributed by atoms with van der Waals surface area (Å²) in [6, 6.07) is 0.169. The van der Waals surface area contributed by atoms with E-state index in [1.54, 1.807) is 11.3 Å². The number of hydrogen-bond donors (Lipinski definition) is 2. The minimum absolute atomic E-state index is 0.169. The molecule has 2 heterocycles.